The zero-order valence-corrected chi connectivity index (χ0v) is 25.5. The van der Waals surface area contributed by atoms with Crippen molar-refractivity contribution in [3.05, 3.63) is 48.2 Å². The van der Waals surface area contributed by atoms with Crippen molar-refractivity contribution in [2.24, 2.45) is 11.8 Å². The van der Waals surface area contributed by atoms with Crippen LogP contribution < -0.4 is 4.74 Å². The maximum absolute atomic E-state index is 12.6. The molecule has 47 heavy (non-hydrogen) atoms. The molecule has 0 amide bonds. The fourth-order valence-electron chi connectivity index (χ4n) is 6.80. The van der Waals surface area contributed by atoms with E-state index in [0.717, 1.165) is 0 Å². The van der Waals surface area contributed by atoms with Gasteiger partial charge in [-0.1, -0.05) is 12.1 Å². The molecule has 0 bridgehead atoms. The van der Waals surface area contributed by atoms with Crippen molar-refractivity contribution >= 4 is 12.0 Å². The molecule has 16 atom stereocenters. The molecule has 1 saturated carbocycles. The van der Waals surface area contributed by atoms with Crippen molar-refractivity contribution in [1.82, 2.24) is 0 Å². The van der Waals surface area contributed by atoms with Gasteiger partial charge < -0.3 is 73.6 Å². The second-order valence-electron chi connectivity index (χ2n) is 12.2. The average Bonchev–Trinajstić information content (AvgIpc) is 3.75. The molecule has 4 fully saturated rings. The molecule has 6 rings (SSSR count). The number of rotatable bonds is 10. The summed E-state index contributed by atoms with van der Waals surface area (Å²) in [4.78, 5) is 12.6. The van der Waals surface area contributed by atoms with Gasteiger partial charge in [0, 0.05) is 12.0 Å². The minimum Gasteiger partial charge on any atom is -0.497 e. The summed E-state index contributed by atoms with van der Waals surface area (Å²) in [5.41, 5.74) is -0.499. The number of carbonyl (C=O) groups excluding carboxylic acids is 1. The minimum absolute atomic E-state index is 0.473. The first kappa shape index (κ1) is 34.2. The predicted octanol–water partition coefficient (Wildman–Crippen LogP) is -2.47. The highest BCUT2D eigenvalue weighted by Gasteiger charge is 2.77. The molecule has 0 aromatic heterocycles. The lowest BCUT2D eigenvalue weighted by atomic mass is 9.85. The zero-order valence-electron chi connectivity index (χ0n) is 25.5. The Labute approximate surface area is 269 Å². The maximum Gasteiger partial charge on any atom is 0.331 e. The first-order valence-corrected chi connectivity index (χ1v) is 15.3. The Morgan fingerprint density at radius 2 is 1.60 bits per heavy atom. The molecule has 7 N–H and O–H groups in total. The summed E-state index contributed by atoms with van der Waals surface area (Å²) in [6, 6.07) is 6.95. The predicted molar refractivity (Wildman–Crippen MR) is 154 cm³/mol. The third-order valence-electron chi connectivity index (χ3n) is 9.45. The van der Waals surface area contributed by atoms with Crippen LogP contribution in [0, 0.1) is 11.8 Å². The standard InChI is InChI=1S/C31H40O16/c1-13-25(44-18(34)8-5-14-3-6-15(40-2)7-4-14)22(37)24(39)29(42-13)45-26-16-9-10-41-28(19(16)31(12-33)27(26)47-31)46-30-23(38)21(36)20(35)17(11-32)43-30/h3-10,13,16-17,19-30,32-33,35-39H,11-12H2,1-2H3/b8-5+. The van der Waals surface area contributed by atoms with E-state index in [1.165, 1.54) is 18.4 Å². The first-order valence-electron chi connectivity index (χ1n) is 15.3. The van der Waals surface area contributed by atoms with E-state index in [1.54, 1.807) is 44.4 Å². The third-order valence-corrected chi connectivity index (χ3v) is 9.45. The molecule has 1 aromatic rings. The van der Waals surface area contributed by atoms with Crippen LogP contribution in [0.1, 0.15) is 12.5 Å². The number of hydrogen-bond acceptors (Lipinski definition) is 16. The van der Waals surface area contributed by atoms with E-state index in [-0.39, 0.29) is 0 Å². The number of aliphatic hydroxyl groups is 7. The molecule has 4 heterocycles. The van der Waals surface area contributed by atoms with Gasteiger partial charge in [0.05, 0.1) is 44.7 Å². The topological polar surface area (TPSA) is 236 Å². The lowest BCUT2D eigenvalue weighted by molar-refractivity contribution is -0.347. The first-order chi connectivity index (χ1) is 22.5. The Balaban J connectivity index is 1.10. The van der Waals surface area contributed by atoms with Crippen LogP contribution in [0.4, 0.5) is 0 Å². The summed E-state index contributed by atoms with van der Waals surface area (Å²) in [5.74, 6) is -1.40. The van der Waals surface area contributed by atoms with Gasteiger partial charge in [-0.25, -0.2) is 4.79 Å². The number of methoxy groups -OCH3 is 1. The average molecular weight is 669 g/mol. The molecule has 0 radical (unpaired) electrons. The van der Waals surface area contributed by atoms with Crippen molar-refractivity contribution in [3.8, 4) is 5.75 Å². The number of ether oxygens (including phenoxy) is 8. The van der Waals surface area contributed by atoms with Gasteiger partial charge in [0.25, 0.3) is 0 Å². The lowest BCUT2D eigenvalue weighted by Gasteiger charge is -2.44. The van der Waals surface area contributed by atoms with Gasteiger partial charge in [-0.05, 0) is 36.8 Å². The number of epoxide rings is 1. The van der Waals surface area contributed by atoms with E-state index in [1.807, 2.05) is 0 Å². The van der Waals surface area contributed by atoms with Crippen molar-refractivity contribution in [3.63, 3.8) is 0 Å². The van der Waals surface area contributed by atoms with Crippen molar-refractivity contribution in [2.45, 2.75) is 92.4 Å². The summed E-state index contributed by atoms with van der Waals surface area (Å²) in [5, 5.41) is 72.6. The van der Waals surface area contributed by atoms with Crippen LogP contribution in [-0.2, 0) is 38.0 Å². The number of esters is 1. The molecule has 16 unspecified atom stereocenters. The number of aliphatic hydroxyl groups excluding tert-OH is 7. The SMILES string of the molecule is COc1ccc(/C=C/C(=O)OC2C(C)OC(OC3C4C=COC(OC5OC(CO)C(O)C(O)C5O)C4C4(CO)OC34)C(O)C2O)cc1. The van der Waals surface area contributed by atoms with E-state index in [2.05, 4.69) is 0 Å². The number of benzene rings is 1. The van der Waals surface area contributed by atoms with E-state index >= 15 is 0 Å². The van der Waals surface area contributed by atoms with Crippen molar-refractivity contribution < 1.29 is 78.4 Å². The highest BCUT2D eigenvalue weighted by Crippen LogP contribution is 2.61. The third kappa shape index (κ3) is 6.29. The Kier molecular flexibility index (Phi) is 9.93. The minimum atomic E-state index is -1.69. The summed E-state index contributed by atoms with van der Waals surface area (Å²) in [7, 11) is 1.54. The maximum atomic E-state index is 12.6. The Morgan fingerprint density at radius 3 is 2.28 bits per heavy atom. The molecule has 4 aliphatic heterocycles. The largest absolute Gasteiger partial charge is 0.497 e. The van der Waals surface area contributed by atoms with Gasteiger partial charge >= 0.3 is 5.97 Å². The lowest BCUT2D eigenvalue weighted by Crippen LogP contribution is -2.60. The second-order valence-corrected chi connectivity index (χ2v) is 12.2. The van der Waals surface area contributed by atoms with Gasteiger partial charge in [0.2, 0.25) is 6.29 Å². The second kappa shape index (κ2) is 13.7. The van der Waals surface area contributed by atoms with Crippen LogP contribution in [0.5, 0.6) is 5.75 Å². The van der Waals surface area contributed by atoms with Gasteiger partial charge in [0.1, 0.15) is 54.1 Å². The summed E-state index contributed by atoms with van der Waals surface area (Å²) in [6.45, 7) is 0.427. The van der Waals surface area contributed by atoms with E-state index in [4.69, 9.17) is 37.9 Å². The molecule has 1 aliphatic carbocycles. The van der Waals surface area contributed by atoms with Crippen LogP contribution in [0.15, 0.2) is 42.7 Å². The fraction of sp³-hybridized carbons (Fsp3) is 0.645. The van der Waals surface area contributed by atoms with Crippen molar-refractivity contribution in [2.75, 3.05) is 20.3 Å². The van der Waals surface area contributed by atoms with E-state index in [9.17, 15) is 40.5 Å². The highest BCUT2D eigenvalue weighted by atomic mass is 16.8. The van der Waals surface area contributed by atoms with Crippen LogP contribution in [-0.4, -0.2) is 148 Å². The van der Waals surface area contributed by atoms with Gasteiger partial charge in [-0.15, -0.1) is 0 Å². The number of carbonyl (C=O) groups is 1. The zero-order chi connectivity index (χ0) is 33.6. The summed E-state index contributed by atoms with van der Waals surface area (Å²) < 4.78 is 45.5. The highest BCUT2D eigenvalue weighted by molar-refractivity contribution is 5.87. The van der Waals surface area contributed by atoms with E-state index < -0.39 is 117 Å². The summed E-state index contributed by atoms with van der Waals surface area (Å²) >= 11 is 0. The van der Waals surface area contributed by atoms with Gasteiger partial charge in [-0.2, -0.15) is 0 Å². The van der Waals surface area contributed by atoms with Gasteiger partial charge in [0.15, 0.2) is 18.7 Å². The molecule has 260 valence electrons. The molecule has 16 heteroatoms. The monoisotopic (exact) mass is 668 g/mol. The molecule has 0 spiro atoms. The smallest absolute Gasteiger partial charge is 0.331 e. The Morgan fingerprint density at radius 1 is 0.894 bits per heavy atom. The Bertz CT molecular complexity index is 1300. The fourth-order valence-corrected chi connectivity index (χ4v) is 6.80. The number of hydrogen-bond donors (Lipinski definition) is 7. The molecule has 3 saturated heterocycles. The molecular formula is C31H40O16. The normalized spacial score (nSPS) is 45.6. The van der Waals surface area contributed by atoms with E-state index in [0.29, 0.717) is 11.3 Å². The Hall–Kier alpha value is -2.71. The van der Waals surface area contributed by atoms with Crippen LogP contribution in [0.3, 0.4) is 0 Å². The number of fused-ring (bicyclic) bond motifs is 3. The summed E-state index contributed by atoms with van der Waals surface area (Å²) in [6.07, 6.45) is -11.4. The van der Waals surface area contributed by atoms with Crippen LogP contribution in [0.25, 0.3) is 6.08 Å². The molecular weight excluding hydrogens is 628 g/mol. The quantitative estimate of drug-likeness (QED) is 0.0777. The molecule has 5 aliphatic rings. The van der Waals surface area contributed by atoms with Gasteiger partial charge in [-0.3, -0.25) is 0 Å². The molecule has 1 aromatic carbocycles. The van der Waals surface area contributed by atoms with Crippen molar-refractivity contribution in [1.29, 1.82) is 0 Å². The molecule has 16 nitrogen and oxygen atoms in total. The van der Waals surface area contributed by atoms with Crippen LogP contribution in [0.2, 0.25) is 0 Å². The van der Waals surface area contributed by atoms with Crippen LogP contribution >= 0.6 is 0 Å².